The van der Waals surface area contributed by atoms with Crippen LogP contribution in [0.25, 0.3) is 10.2 Å². The number of ether oxygens (including phenoxy) is 1. The molecule has 0 amide bonds. The van der Waals surface area contributed by atoms with Crippen molar-refractivity contribution < 1.29 is 4.74 Å². The molecule has 6 nitrogen and oxygen atoms in total. The summed E-state index contributed by atoms with van der Waals surface area (Å²) in [7, 11) is 3.79. The topological polar surface area (TPSA) is 54.4 Å². The summed E-state index contributed by atoms with van der Waals surface area (Å²) in [6, 6.07) is 6.55. The maximum absolute atomic E-state index is 5.44. The fourth-order valence-corrected chi connectivity index (χ4v) is 4.42. The maximum Gasteiger partial charge on any atom is 0.225 e. The highest BCUT2D eigenvalue weighted by molar-refractivity contribution is 7.22. The van der Waals surface area contributed by atoms with Crippen LogP contribution in [0.3, 0.4) is 0 Å². The summed E-state index contributed by atoms with van der Waals surface area (Å²) in [5.41, 5.74) is 2.05. The Morgan fingerprint density at radius 3 is 2.62 bits per heavy atom. The van der Waals surface area contributed by atoms with Crippen LogP contribution >= 0.6 is 11.3 Å². The lowest BCUT2D eigenvalue weighted by molar-refractivity contribution is 0.419. The molecule has 0 bridgehead atoms. The molecule has 1 aliphatic rings. The van der Waals surface area contributed by atoms with E-state index in [1.165, 1.54) is 4.70 Å². The van der Waals surface area contributed by atoms with Crippen LogP contribution in [-0.4, -0.2) is 48.2 Å². The van der Waals surface area contributed by atoms with Crippen molar-refractivity contribution in [2.45, 2.75) is 25.8 Å². The van der Waals surface area contributed by atoms with E-state index in [1.54, 1.807) is 18.4 Å². The summed E-state index contributed by atoms with van der Waals surface area (Å²) >= 11 is 1.74. The van der Waals surface area contributed by atoms with Crippen LogP contribution < -0.4 is 14.5 Å². The Labute approximate surface area is 157 Å². The van der Waals surface area contributed by atoms with Crippen molar-refractivity contribution in [3.05, 3.63) is 36.2 Å². The Balaban J connectivity index is 1.46. The number of rotatable bonds is 4. The molecule has 1 fully saturated rings. The first-order chi connectivity index (χ1) is 12.7. The van der Waals surface area contributed by atoms with E-state index in [9.17, 15) is 0 Å². The smallest absolute Gasteiger partial charge is 0.225 e. The minimum absolute atomic E-state index is 0.456. The van der Waals surface area contributed by atoms with Crippen LogP contribution in [0.5, 0.6) is 5.75 Å². The number of aryl methyl sites for hydroxylation is 1. The van der Waals surface area contributed by atoms with Gasteiger partial charge in [-0.15, -0.1) is 0 Å². The quantitative estimate of drug-likeness (QED) is 0.701. The first kappa shape index (κ1) is 17.0. The first-order valence-electron chi connectivity index (χ1n) is 8.85. The molecular weight excluding hydrogens is 346 g/mol. The lowest BCUT2D eigenvalue weighted by Gasteiger charge is -2.36. The highest BCUT2D eigenvalue weighted by Gasteiger charge is 2.25. The van der Waals surface area contributed by atoms with Crippen LogP contribution in [0.4, 0.5) is 11.1 Å². The van der Waals surface area contributed by atoms with E-state index in [4.69, 9.17) is 9.72 Å². The standard InChI is InChI=1S/C19H23N5OS/c1-13-11-20-18(21-12-13)23(2)14-7-9-24(10-8-14)19-22-17-15(25-3)5-4-6-16(17)26-19/h4-6,11-12,14H,7-10H2,1-3H3. The number of anilines is 2. The Hall–Kier alpha value is -2.41. The van der Waals surface area contributed by atoms with Gasteiger partial charge >= 0.3 is 0 Å². The summed E-state index contributed by atoms with van der Waals surface area (Å²) in [6.45, 7) is 3.99. The molecule has 0 atom stereocenters. The van der Waals surface area contributed by atoms with Crippen molar-refractivity contribution >= 4 is 32.6 Å². The van der Waals surface area contributed by atoms with E-state index in [1.807, 2.05) is 31.5 Å². The van der Waals surface area contributed by atoms with Gasteiger partial charge in [0.05, 0.1) is 11.8 Å². The molecule has 7 heteroatoms. The normalized spacial score (nSPS) is 15.4. The lowest BCUT2D eigenvalue weighted by Crippen LogP contribution is -2.44. The molecule has 0 unspecified atom stereocenters. The van der Waals surface area contributed by atoms with Gasteiger partial charge in [0.1, 0.15) is 11.3 Å². The lowest BCUT2D eigenvalue weighted by atomic mass is 10.0. The van der Waals surface area contributed by atoms with E-state index >= 15 is 0 Å². The van der Waals surface area contributed by atoms with Crippen molar-refractivity contribution in [1.29, 1.82) is 0 Å². The summed E-state index contributed by atoms with van der Waals surface area (Å²) in [4.78, 5) is 18.3. The van der Waals surface area contributed by atoms with Crippen LogP contribution in [0.2, 0.25) is 0 Å². The molecule has 0 radical (unpaired) electrons. The second kappa shape index (κ2) is 7.07. The summed E-state index contributed by atoms with van der Waals surface area (Å²) < 4.78 is 6.61. The largest absolute Gasteiger partial charge is 0.494 e. The average molecular weight is 369 g/mol. The molecule has 1 aliphatic heterocycles. The molecule has 136 valence electrons. The van der Waals surface area contributed by atoms with Crippen LogP contribution in [0, 0.1) is 6.92 Å². The van der Waals surface area contributed by atoms with E-state index in [2.05, 4.69) is 32.9 Å². The van der Waals surface area contributed by atoms with Crippen molar-refractivity contribution in [3.63, 3.8) is 0 Å². The average Bonchev–Trinajstić information content (AvgIpc) is 3.12. The molecule has 4 rings (SSSR count). The third-order valence-electron chi connectivity index (χ3n) is 4.96. The fraction of sp³-hybridized carbons (Fsp3) is 0.421. The predicted octanol–water partition coefficient (Wildman–Crippen LogP) is 3.51. The van der Waals surface area contributed by atoms with Crippen LogP contribution in [-0.2, 0) is 0 Å². The van der Waals surface area contributed by atoms with Gasteiger partial charge in [-0.1, -0.05) is 17.4 Å². The second-order valence-electron chi connectivity index (χ2n) is 6.69. The Bertz CT molecular complexity index is 887. The van der Waals surface area contributed by atoms with E-state index in [-0.39, 0.29) is 0 Å². The van der Waals surface area contributed by atoms with Crippen molar-refractivity contribution in [3.8, 4) is 5.75 Å². The Morgan fingerprint density at radius 1 is 1.19 bits per heavy atom. The molecule has 3 aromatic rings. The second-order valence-corrected chi connectivity index (χ2v) is 7.70. The SMILES string of the molecule is COc1cccc2sc(N3CCC(N(C)c4ncc(C)cn4)CC3)nc12. The number of benzene rings is 1. The Morgan fingerprint density at radius 2 is 1.92 bits per heavy atom. The molecule has 26 heavy (non-hydrogen) atoms. The highest BCUT2D eigenvalue weighted by atomic mass is 32.1. The van der Waals surface area contributed by atoms with Gasteiger partial charge in [0.25, 0.3) is 0 Å². The number of piperidine rings is 1. The zero-order chi connectivity index (χ0) is 18.1. The molecule has 0 saturated carbocycles. The molecule has 2 aromatic heterocycles. The van der Waals surface area contributed by atoms with Crippen molar-refractivity contribution in [2.24, 2.45) is 0 Å². The summed E-state index contributed by atoms with van der Waals surface area (Å²) in [6.07, 6.45) is 5.90. The van der Waals surface area contributed by atoms with Gasteiger partial charge in [0.15, 0.2) is 5.13 Å². The fourth-order valence-electron chi connectivity index (χ4n) is 3.39. The van der Waals surface area contributed by atoms with Gasteiger partial charge < -0.3 is 14.5 Å². The number of hydrogen-bond acceptors (Lipinski definition) is 7. The van der Waals surface area contributed by atoms with Gasteiger partial charge in [-0.2, -0.15) is 0 Å². The van der Waals surface area contributed by atoms with E-state index < -0.39 is 0 Å². The van der Waals surface area contributed by atoms with E-state index in [0.717, 1.165) is 53.8 Å². The van der Waals surface area contributed by atoms with Gasteiger partial charge in [0, 0.05) is 38.6 Å². The molecule has 0 aliphatic carbocycles. The first-order valence-corrected chi connectivity index (χ1v) is 9.67. The van der Waals surface area contributed by atoms with Crippen molar-refractivity contribution in [1.82, 2.24) is 15.0 Å². The number of fused-ring (bicyclic) bond motifs is 1. The van der Waals surface area contributed by atoms with Crippen LogP contribution in [0.15, 0.2) is 30.6 Å². The monoisotopic (exact) mass is 369 g/mol. The number of methoxy groups -OCH3 is 1. The zero-order valence-corrected chi connectivity index (χ0v) is 16.2. The van der Waals surface area contributed by atoms with Gasteiger partial charge in [0.2, 0.25) is 5.95 Å². The molecular formula is C19H23N5OS. The van der Waals surface area contributed by atoms with Gasteiger partial charge in [-0.25, -0.2) is 15.0 Å². The van der Waals surface area contributed by atoms with E-state index in [0.29, 0.717) is 6.04 Å². The number of para-hydroxylation sites is 1. The minimum Gasteiger partial charge on any atom is -0.494 e. The number of nitrogens with zero attached hydrogens (tertiary/aromatic N) is 5. The molecule has 0 N–H and O–H groups in total. The molecule has 3 heterocycles. The predicted molar refractivity (Wildman–Crippen MR) is 107 cm³/mol. The molecule has 0 spiro atoms. The number of aromatic nitrogens is 3. The number of hydrogen-bond donors (Lipinski definition) is 0. The van der Waals surface area contributed by atoms with Gasteiger partial charge in [-0.05, 0) is 37.5 Å². The third-order valence-corrected chi connectivity index (χ3v) is 6.04. The molecule has 1 aromatic carbocycles. The summed E-state index contributed by atoms with van der Waals surface area (Å²) in [5, 5.41) is 1.08. The van der Waals surface area contributed by atoms with Crippen molar-refractivity contribution in [2.75, 3.05) is 37.0 Å². The Kier molecular flexibility index (Phi) is 4.63. The zero-order valence-electron chi connectivity index (χ0n) is 15.3. The maximum atomic E-state index is 5.44. The van der Waals surface area contributed by atoms with Gasteiger partial charge in [-0.3, -0.25) is 0 Å². The summed E-state index contributed by atoms with van der Waals surface area (Å²) in [5.74, 6) is 1.65. The third kappa shape index (κ3) is 3.19. The molecule has 1 saturated heterocycles. The number of thiazole rings is 1. The van der Waals surface area contributed by atoms with Crippen LogP contribution in [0.1, 0.15) is 18.4 Å². The highest BCUT2D eigenvalue weighted by Crippen LogP contribution is 2.35. The minimum atomic E-state index is 0.456.